The minimum atomic E-state index is -4.64. The molecule has 1 heterocycles. The molecule has 2 rings (SSSR count). The highest BCUT2D eigenvalue weighted by atomic mass is 79.9. The van der Waals surface area contributed by atoms with Gasteiger partial charge in [0.1, 0.15) is 11.6 Å². The highest BCUT2D eigenvalue weighted by Crippen LogP contribution is 2.42. The maximum Gasteiger partial charge on any atom is 0.420 e. The fraction of sp³-hybridized carbons (Fsp3) is 0.100. The Balaban J connectivity index is 2.61. The first kappa shape index (κ1) is 12.7. The molecule has 4 N–H and O–H groups in total. The number of phenolic OH excluding ortho intramolecular Hbond substituents is 1. The molecule has 0 bridgehead atoms. The number of aromatic nitrogens is 2. The smallest absolute Gasteiger partial charge is 0.420 e. The lowest BCUT2D eigenvalue weighted by molar-refractivity contribution is -0.138. The van der Waals surface area contributed by atoms with Crippen molar-refractivity contribution in [1.82, 2.24) is 10.2 Å². The van der Waals surface area contributed by atoms with Crippen LogP contribution in [-0.2, 0) is 6.18 Å². The lowest BCUT2D eigenvalue weighted by Gasteiger charge is -2.11. The maximum atomic E-state index is 12.7. The molecule has 0 radical (unpaired) electrons. The molecule has 0 fully saturated rings. The van der Waals surface area contributed by atoms with Gasteiger partial charge in [-0.15, -0.1) is 0 Å². The van der Waals surface area contributed by atoms with Crippen LogP contribution in [0, 0.1) is 0 Å². The third kappa shape index (κ3) is 2.28. The number of nitrogens with one attached hydrogen (secondary N) is 1. The molecule has 8 heteroatoms. The van der Waals surface area contributed by atoms with Crippen molar-refractivity contribution in [2.24, 2.45) is 0 Å². The summed E-state index contributed by atoms with van der Waals surface area (Å²) in [5.41, 5.74) is 4.81. The summed E-state index contributed by atoms with van der Waals surface area (Å²) in [5.74, 6) is -0.679. The molecular formula is C10H7BrF3N3O. The number of aromatic hydroxyl groups is 1. The zero-order chi connectivity index (χ0) is 13.5. The number of alkyl halides is 3. The van der Waals surface area contributed by atoms with E-state index in [-0.39, 0.29) is 15.9 Å². The molecular weight excluding hydrogens is 315 g/mol. The van der Waals surface area contributed by atoms with E-state index in [0.29, 0.717) is 5.69 Å². The number of rotatable bonds is 1. The van der Waals surface area contributed by atoms with Crippen molar-refractivity contribution in [1.29, 1.82) is 0 Å². The van der Waals surface area contributed by atoms with Gasteiger partial charge in [-0.05, 0) is 28.1 Å². The van der Waals surface area contributed by atoms with Crippen molar-refractivity contribution in [3.63, 3.8) is 0 Å². The van der Waals surface area contributed by atoms with E-state index in [1.807, 2.05) is 0 Å². The number of nitrogen functional groups attached to an aromatic ring is 1. The Bertz CT molecular complexity index is 595. The second kappa shape index (κ2) is 4.20. The number of anilines is 1. The van der Waals surface area contributed by atoms with Gasteiger partial charge in [0.2, 0.25) is 0 Å². The number of nitrogens with two attached hydrogens (primary N) is 1. The van der Waals surface area contributed by atoms with Gasteiger partial charge in [0.05, 0.1) is 15.7 Å². The first-order valence-corrected chi connectivity index (χ1v) is 5.49. The normalized spacial score (nSPS) is 11.8. The molecule has 0 amide bonds. The Hall–Kier alpha value is -1.70. The third-order valence-corrected chi connectivity index (χ3v) is 2.88. The number of hydrogen-bond donors (Lipinski definition) is 3. The van der Waals surface area contributed by atoms with Gasteiger partial charge < -0.3 is 10.8 Å². The minimum absolute atomic E-state index is 0.0551. The quantitative estimate of drug-likeness (QED) is 0.755. The van der Waals surface area contributed by atoms with Crippen LogP contribution in [0.5, 0.6) is 5.75 Å². The Morgan fingerprint density at radius 1 is 1.28 bits per heavy atom. The lowest BCUT2D eigenvalue weighted by atomic mass is 10.1. The van der Waals surface area contributed by atoms with Gasteiger partial charge in [-0.3, -0.25) is 5.10 Å². The van der Waals surface area contributed by atoms with E-state index in [1.165, 1.54) is 12.1 Å². The van der Waals surface area contributed by atoms with Crippen LogP contribution in [0.15, 0.2) is 22.7 Å². The van der Waals surface area contributed by atoms with Gasteiger partial charge in [0.25, 0.3) is 0 Å². The summed E-state index contributed by atoms with van der Waals surface area (Å²) in [7, 11) is 0. The number of nitrogens with zero attached hydrogens (tertiary/aromatic N) is 1. The van der Waals surface area contributed by atoms with E-state index in [2.05, 4.69) is 26.1 Å². The highest BCUT2D eigenvalue weighted by molar-refractivity contribution is 9.10. The van der Waals surface area contributed by atoms with Gasteiger partial charge in [-0.1, -0.05) is 0 Å². The average Bonchev–Trinajstić information content (AvgIpc) is 2.67. The van der Waals surface area contributed by atoms with Crippen LogP contribution in [0.3, 0.4) is 0 Å². The molecule has 0 saturated carbocycles. The first-order valence-electron chi connectivity index (χ1n) is 4.70. The topological polar surface area (TPSA) is 74.9 Å². The van der Waals surface area contributed by atoms with Gasteiger partial charge in [-0.2, -0.15) is 18.3 Å². The number of H-pyrrole nitrogens is 1. The second-order valence-corrected chi connectivity index (χ2v) is 4.41. The van der Waals surface area contributed by atoms with Gasteiger partial charge in [0.15, 0.2) is 0 Å². The Morgan fingerprint density at radius 3 is 2.44 bits per heavy atom. The van der Waals surface area contributed by atoms with Crippen molar-refractivity contribution < 1.29 is 18.3 Å². The predicted octanol–water partition coefficient (Wildman–Crippen LogP) is 3.15. The van der Waals surface area contributed by atoms with Crippen LogP contribution in [0.4, 0.5) is 19.0 Å². The van der Waals surface area contributed by atoms with Crippen molar-refractivity contribution in [2.45, 2.75) is 6.18 Å². The second-order valence-electron chi connectivity index (χ2n) is 3.56. The number of hydrogen-bond acceptors (Lipinski definition) is 3. The molecule has 4 nitrogen and oxygen atoms in total. The number of halogens is 4. The molecule has 0 spiro atoms. The molecule has 0 unspecified atom stereocenters. The minimum Gasteiger partial charge on any atom is -0.506 e. The number of phenols is 1. The molecule has 1 aromatic carbocycles. The molecule has 1 aromatic heterocycles. The van der Waals surface area contributed by atoms with Crippen molar-refractivity contribution >= 4 is 21.7 Å². The zero-order valence-corrected chi connectivity index (χ0v) is 10.3. The fourth-order valence-corrected chi connectivity index (χ4v) is 1.92. The SMILES string of the molecule is Nc1cc(-c2cc(Br)c(O)c(C(F)(F)F)c2)[nH]n1. The molecule has 0 aliphatic rings. The van der Waals surface area contributed by atoms with Crippen LogP contribution in [0.25, 0.3) is 11.3 Å². The van der Waals surface area contributed by atoms with Gasteiger partial charge in [0, 0.05) is 11.6 Å². The summed E-state index contributed by atoms with van der Waals surface area (Å²) >= 11 is 2.88. The van der Waals surface area contributed by atoms with E-state index in [4.69, 9.17) is 5.73 Å². The summed E-state index contributed by atoms with van der Waals surface area (Å²) in [6.45, 7) is 0. The van der Waals surface area contributed by atoms with E-state index in [9.17, 15) is 18.3 Å². The number of aromatic amines is 1. The maximum absolute atomic E-state index is 12.7. The molecule has 0 atom stereocenters. The van der Waals surface area contributed by atoms with E-state index >= 15 is 0 Å². The van der Waals surface area contributed by atoms with E-state index in [0.717, 1.165) is 6.07 Å². The molecule has 18 heavy (non-hydrogen) atoms. The van der Waals surface area contributed by atoms with E-state index in [1.54, 1.807) is 0 Å². The van der Waals surface area contributed by atoms with Crippen LogP contribution in [0.2, 0.25) is 0 Å². The summed E-state index contributed by atoms with van der Waals surface area (Å²) < 4.78 is 38.0. The summed E-state index contributed by atoms with van der Waals surface area (Å²) in [5, 5.41) is 15.5. The summed E-state index contributed by atoms with van der Waals surface area (Å²) in [6, 6.07) is 3.57. The van der Waals surface area contributed by atoms with Gasteiger partial charge >= 0.3 is 6.18 Å². The lowest BCUT2D eigenvalue weighted by Crippen LogP contribution is -2.05. The molecule has 0 saturated heterocycles. The molecule has 0 aliphatic heterocycles. The summed E-state index contributed by atoms with van der Waals surface area (Å²) in [4.78, 5) is 0. The van der Waals surface area contributed by atoms with Crippen LogP contribution in [0.1, 0.15) is 5.56 Å². The van der Waals surface area contributed by atoms with Crippen molar-refractivity contribution in [3.05, 3.63) is 28.2 Å². The predicted molar refractivity (Wildman–Crippen MR) is 62.8 cm³/mol. The number of benzene rings is 1. The van der Waals surface area contributed by atoms with E-state index < -0.39 is 17.5 Å². The van der Waals surface area contributed by atoms with Gasteiger partial charge in [-0.25, -0.2) is 0 Å². The molecule has 2 aromatic rings. The van der Waals surface area contributed by atoms with Crippen molar-refractivity contribution in [2.75, 3.05) is 5.73 Å². The van der Waals surface area contributed by atoms with Crippen LogP contribution in [-0.4, -0.2) is 15.3 Å². The zero-order valence-electron chi connectivity index (χ0n) is 8.72. The standard InChI is InChI=1S/C10H7BrF3N3O/c11-6-2-4(7-3-8(15)17-16-7)1-5(9(6)18)10(12,13)14/h1-3,18H,(H3,15,16,17). The average molecular weight is 322 g/mol. The molecule has 0 aliphatic carbocycles. The Morgan fingerprint density at radius 2 is 1.94 bits per heavy atom. The van der Waals surface area contributed by atoms with Crippen LogP contribution < -0.4 is 5.73 Å². The highest BCUT2D eigenvalue weighted by Gasteiger charge is 2.35. The third-order valence-electron chi connectivity index (χ3n) is 2.28. The monoisotopic (exact) mass is 321 g/mol. The summed E-state index contributed by atoms with van der Waals surface area (Å²) in [6.07, 6.45) is -4.64. The Labute approximate surface area is 108 Å². The van der Waals surface area contributed by atoms with Crippen LogP contribution >= 0.6 is 15.9 Å². The Kier molecular flexibility index (Phi) is 2.97. The van der Waals surface area contributed by atoms with Crippen molar-refractivity contribution in [3.8, 4) is 17.0 Å². The first-order chi connectivity index (χ1) is 8.29. The fourth-order valence-electron chi connectivity index (χ4n) is 1.46. The largest absolute Gasteiger partial charge is 0.506 e. The molecule has 96 valence electrons.